The molecule has 0 aliphatic carbocycles. The molecule has 0 saturated carbocycles. The fourth-order valence-electron chi connectivity index (χ4n) is 2.13. The summed E-state index contributed by atoms with van der Waals surface area (Å²) in [7, 11) is -8.52. The Labute approximate surface area is 171 Å². The number of hydrogen-bond donors (Lipinski definition) is 0. The first-order valence-corrected chi connectivity index (χ1v) is 28.6. The van der Waals surface area contributed by atoms with Gasteiger partial charge in [0.25, 0.3) is 0 Å². The third kappa shape index (κ3) is 15.7. The number of rotatable bonds is 9. The summed E-state index contributed by atoms with van der Waals surface area (Å²) in [4.78, 5) is 0. The van der Waals surface area contributed by atoms with Crippen LogP contribution in [0.2, 0.25) is 85.1 Å². The largest absolute Gasteiger partial charge is 0.449 e. The van der Waals surface area contributed by atoms with Crippen molar-refractivity contribution in [2.24, 2.45) is 0 Å². The van der Waals surface area contributed by atoms with E-state index in [0.29, 0.717) is 0 Å². The molecule has 1 unspecified atom stereocenters. The molecule has 156 valence electrons. The molecule has 0 aromatic heterocycles. The van der Waals surface area contributed by atoms with Gasteiger partial charge in [0, 0.05) is 0 Å². The summed E-state index contributed by atoms with van der Waals surface area (Å²) in [6, 6.07) is 0. The predicted molar refractivity (Wildman–Crippen MR) is 136 cm³/mol. The molecule has 0 amide bonds. The average Bonchev–Trinajstić information content (AvgIpc) is 2.33. The molecule has 9 heteroatoms. The van der Waals surface area contributed by atoms with Crippen LogP contribution in [0, 0.1) is 0 Å². The molecule has 0 heterocycles. The summed E-state index contributed by atoms with van der Waals surface area (Å²) in [5.41, 5.74) is 3.93. The highest BCUT2D eigenvalue weighted by Crippen LogP contribution is 2.19. The normalized spacial score (nSPS) is 15.0. The highest BCUT2D eigenvalue weighted by molar-refractivity contribution is 7.30. The van der Waals surface area contributed by atoms with Crippen molar-refractivity contribution in [1.29, 1.82) is 0 Å². The molecular weight excluding hydrogens is 421 g/mol. The average molecular weight is 467 g/mol. The minimum atomic E-state index is -1.85. The second-order valence-corrected chi connectivity index (χ2v) is 40.9. The maximum Gasteiger partial charge on any atom is 0.310 e. The van der Waals surface area contributed by atoms with Crippen molar-refractivity contribution in [2.75, 3.05) is 0 Å². The van der Waals surface area contributed by atoms with Gasteiger partial charge in [0.15, 0.2) is 25.0 Å². The van der Waals surface area contributed by atoms with Crippen LogP contribution in [0.4, 0.5) is 0 Å². The standard InChI is InChI=1S/C9H28O2Si4.C8H18OSi2/c1-12(14(5,6)7)10-15(8,9)11-13(2,3)4;1-7-10(3,4)9-11(5,6)8-2/h12H,1-9H3;7-8H,1-2H2,3-6H3. The van der Waals surface area contributed by atoms with Gasteiger partial charge < -0.3 is 12.3 Å². The van der Waals surface area contributed by atoms with Gasteiger partial charge in [0.1, 0.15) is 8.56 Å². The summed E-state index contributed by atoms with van der Waals surface area (Å²) in [6.07, 6.45) is 0. The highest BCUT2D eigenvalue weighted by atomic mass is 29.2. The summed E-state index contributed by atoms with van der Waals surface area (Å²) >= 11 is 0. The predicted octanol–water partition coefficient (Wildman–Crippen LogP) is 6.19. The SMILES string of the molecule is C=C[Si](C)(C)O[Si](C)(C)C=C.C[SiH](O[Si](C)(C)O[Si](C)(C)C)[Si](C)(C)C. The second kappa shape index (κ2) is 10.4. The minimum absolute atomic E-state index is 1.01. The van der Waals surface area contributed by atoms with Crippen molar-refractivity contribution in [1.82, 2.24) is 0 Å². The van der Waals surface area contributed by atoms with Gasteiger partial charge in [-0.15, -0.1) is 13.2 Å². The molecule has 0 radical (unpaired) electrons. The fourth-order valence-corrected chi connectivity index (χ4v) is 25.3. The molecule has 0 rings (SSSR count). The van der Waals surface area contributed by atoms with E-state index in [1.807, 2.05) is 11.4 Å². The zero-order valence-corrected chi connectivity index (χ0v) is 26.0. The Morgan fingerprint density at radius 1 is 0.654 bits per heavy atom. The van der Waals surface area contributed by atoms with Crippen molar-refractivity contribution >= 4 is 49.7 Å². The number of hydrogen-bond acceptors (Lipinski definition) is 3. The van der Waals surface area contributed by atoms with Crippen LogP contribution in [0.15, 0.2) is 24.6 Å². The Morgan fingerprint density at radius 3 is 1.23 bits per heavy atom. The maximum atomic E-state index is 6.33. The van der Waals surface area contributed by atoms with Crippen LogP contribution < -0.4 is 0 Å². The van der Waals surface area contributed by atoms with Crippen LogP contribution in [0.5, 0.6) is 0 Å². The van der Waals surface area contributed by atoms with E-state index in [-0.39, 0.29) is 0 Å². The monoisotopic (exact) mass is 466 g/mol. The van der Waals surface area contributed by atoms with E-state index >= 15 is 0 Å². The van der Waals surface area contributed by atoms with Crippen LogP contribution in [-0.4, -0.2) is 49.7 Å². The van der Waals surface area contributed by atoms with E-state index in [0.717, 1.165) is 0 Å². The van der Waals surface area contributed by atoms with Gasteiger partial charge in [-0.1, -0.05) is 37.6 Å². The molecule has 3 nitrogen and oxygen atoms in total. The Kier molecular flexibility index (Phi) is 11.6. The lowest BCUT2D eigenvalue weighted by Crippen LogP contribution is -2.53. The van der Waals surface area contributed by atoms with Crippen LogP contribution in [0.1, 0.15) is 0 Å². The van der Waals surface area contributed by atoms with Gasteiger partial charge in [-0.2, -0.15) is 0 Å². The van der Waals surface area contributed by atoms with Crippen molar-refractivity contribution in [3.8, 4) is 0 Å². The van der Waals surface area contributed by atoms with Gasteiger partial charge in [-0.05, 0) is 58.9 Å². The van der Waals surface area contributed by atoms with Crippen LogP contribution in [-0.2, 0) is 12.3 Å². The summed E-state index contributed by atoms with van der Waals surface area (Å²) in [6.45, 7) is 36.8. The molecule has 0 saturated heterocycles. The smallest absolute Gasteiger partial charge is 0.310 e. The van der Waals surface area contributed by atoms with Gasteiger partial charge in [0.2, 0.25) is 0 Å². The van der Waals surface area contributed by atoms with E-state index in [9.17, 15) is 0 Å². The molecule has 0 aromatic rings. The van der Waals surface area contributed by atoms with Crippen molar-refractivity contribution < 1.29 is 12.3 Å². The van der Waals surface area contributed by atoms with E-state index in [2.05, 4.69) is 98.3 Å². The fraction of sp³-hybridized carbons (Fsp3) is 0.765. The lowest BCUT2D eigenvalue weighted by atomic mass is 11.3. The molecule has 1 atom stereocenters. The quantitative estimate of drug-likeness (QED) is 0.379. The Morgan fingerprint density at radius 2 is 1.00 bits per heavy atom. The molecule has 0 bridgehead atoms. The van der Waals surface area contributed by atoms with Gasteiger partial charge in [-0.3, -0.25) is 0 Å². The molecular formula is C17H46O3Si6. The first-order chi connectivity index (χ1) is 11.2. The van der Waals surface area contributed by atoms with E-state index < -0.39 is 49.7 Å². The molecule has 26 heavy (non-hydrogen) atoms. The molecule has 0 aliphatic heterocycles. The van der Waals surface area contributed by atoms with Crippen molar-refractivity contribution in [3.05, 3.63) is 24.6 Å². The van der Waals surface area contributed by atoms with Crippen LogP contribution >= 0.6 is 0 Å². The van der Waals surface area contributed by atoms with Crippen molar-refractivity contribution in [2.45, 2.75) is 85.1 Å². The van der Waals surface area contributed by atoms with Gasteiger partial charge in [-0.25, -0.2) is 0 Å². The Bertz CT molecular complexity index is 432. The second-order valence-electron chi connectivity index (χ2n) is 10.5. The van der Waals surface area contributed by atoms with E-state index in [4.69, 9.17) is 12.3 Å². The zero-order chi connectivity index (χ0) is 21.6. The molecule has 0 aromatic carbocycles. The lowest BCUT2D eigenvalue weighted by molar-refractivity contribution is 0.408. The molecule has 0 aliphatic rings. The maximum absolute atomic E-state index is 6.33. The minimum Gasteiger partial charge on any atom is -0.449 e. The third-order valence-corrected chi connectivity index (χ3v) is 28.8. The molecule has 0 fully saturated rings. The van der Waals surface area contributed by atoms with Crippen LogP contribution in [0.25, 0.3) is 0 Å². The van der Waals surface area contributed by atoms with Gasteiger partial charge in [0.05, 0.1) is 7.59 Å². The topological polar surface area (TPSA) is 27.7 Å². The Hall–Kier alpha value is 0.661. The van der Waals surface area contributed by atoms with Gasteiger partial charge >= 0.3 is 8.56 Å². The van der Waals surface area contributed by atoms with Crippen LogP contribution in [0.3, 0.4) is 0 Å². The summed E-state index contributed by atoms with van der Waals surface area (Å²) in [5.74, 6) is 0. The summed E-state index contributed by atoms with van der Waals surface area (Å²) < 4.78 is 18.5. The highest BCUT2D eigenvalue weighted by Gasteiger charge is 2.37. The van der Waals surface area contributed by atoms with E-state index in [1.54, 1.807) is 0 Å². The van der Waals surface area contributed by atoms with E-state index in [1.165, 1.54) is 0 Å². The molecule has 0 spiro atoms. The molecule has 0 N–H and O–H groups in total. The zero-order valence-electron chi connectivity index (χ0n) is 19.9. The first kappa shape index (κ1) is 28.9. The summed E-state index contributed by atoms with van der Waals surface area (Å²) in [5, 5.41) is 0. The lowest BCUT2D eigenvalue weighted by Gasteiger charge is -2.36. The third-order valence-electron chi connectivity index (χ3n) is 3.74. The van der Waals surface area contributed by atoms with Crippen molar-refractivity contribution in [3.63, 3.8) is 0 Å². The Balaban J connectivity index is 0. The first-order valence-electron chi connectivity index (χ1n) is 9.52.